The number of nitriles is 1. The van der Waals surface area contributed by atoms with Gasteiger partial charge in [0.15, 0.2) is 4.77 Å². The number of nitrogens with zero attached hydrogens (tertiary/aromatic N) is 1. The molecule has 1 aromatic heterocycles. The molecule has 2 rings (SSSR count). The van der Waals surface area contributed by atoms with E-state index in [1.807, 2.05) is 36.4 Å². The van der Waals surface area contributed by atoms with Crippen LogP contribution in [-0.4, -0.2) is 20.3 Å². The predicted molar refractivity (Wildman–Crippen MR) is 91.1 cm³/mol. The monoisotopic (exact) mass is 331 g/mol. The van der Waals surface area contributed by atoms with Crippen molar-refractivity contribution < 1.29 is 4.55 Å². The van der Waals surface area contributed by atoms with E-state index in [1.54, 1.807) is 6.08 Å². The normalized spacial score (nSPS) is 10.7. The molecule has 1 aromatic carbocycles. The van der Waals surface area contributed by atoms with Crippen molar-refractivity contribution in [2.45, 2.75) is 6.42 Å². The van der Waals surface area contributed by atoms with Crippen LogP contribution in [-0.2, 0) is 6.42 Å². The summed E-state index contributed by atoms with van der Waals surface area (Å²) in [5.74, 6) is 0.599. The van der Waals surface area contributed by atoms with E-state index in [1.165, 1.54) is 0 Å². The van der Waals surface area contributed by atoms with Gasteiger partial charge in [-0.3, -0.25) is 9.78 Å². The van der Waals surface area contributed by atoms with Gasteiger partial charge < -0.3 is 9.54 Å². The van der Waals surface area contributed by atoms with Gasteiger partial charge in [0, 0.05) is 5.75 Å². The molecule has 1 heterocycles. The topological polar surface area (TPSA) is 92.7 Å². The number of H-pyrrole nitrogens is 2. The van der Waals surface area contributed by atoms with Crippen LogP contribution < -0.4 is 5.56 Å². The Bertz CT molecular complexity index is 847. The van der Waals surface area contributed by atoms with Crippen LogP contribution in [0.2, 0.25) is 0 Å². The van der Waals surface area contributed by atoms with Crippen LogP contribution in [0.3, 0.4) is 0 Å². The number of nitrogens with one attached hydrogen (secondary N) is 2. The SMILES string of the molecule is N#Cc1c(/C=C/c2ccccc2CCSO)[nH]c(=S)[nH]c1=O. The second kappa shape index (κ2) is 7.75. The Morgan fingerprint density at radius 3 is 2.82 bits per heavy atom. The Hall–Kier alpha value is -2.14. The number of hydrogen-bond donors (Lipinski definition) is 3. The Morgan fingerprint density at radius 2 is 2.09 bits per heavy atom. The van der Waals surface area contributed by atoms with Crippen molar-refractivity contribution in [3.05, 3.63) is 61.8 Å². The third kappa shape index (κ3) is 3.95. The second-order valence-corrected chi connectivity index (χ2v) is 5.50. The first-order valence-electron chi connectivity index (χ1n) is 6.44. The van der Waals surface area contributed by atoms with Gasteiger partial charge in [-0.05, 0) is 47.9 Å². The third-order valence-electron chi connectivity index (χ3n) is 3.03. The molecule has 7 heteroatoms. The fourth-order valence-electron chi connectivity index (χ4n) is 1.99. The summed E-state index contributed by atoms with van der Waals surface area (Å²) >= 11 is 5.72. The Morgan fingerprint density at radius 1 is 1.32 bits per heavy atom. The lowest BCUT2D eigenvalue weighted by Crippen LogP contribution is -2.13. The maximum absolute atomic E-state index is 11.7. The van der Waals surface area contributed by atoms with Crippen LogP contribution in [0.15, 0.2) is 29.1 Å². The van der Waals surface area contributed by atoms with E-state index in [2.05, 4.69) is 9.97 Å². The second-order valence-electron chi connectivity index (χ2n) is 4.42. The van der Waals surface area contributed by atoms with E-state index in [-0.39, 0.29) is 10.3 Å². The summed E-state index contributed by atoms with van der Waals surface area (Å²) in [6, 6.07) is 9.60. The maximum atomic E-state index is 11.7. The average Bonchev–Trinajstić information content (AvgIpc) is 2.51. The Kier molecular flexibility index (Phi) is 5.72. The molecule has 5 nitrogen and oxygen atoms in total. The van der Waals surface area contributed by atoms with Gasteiger partial charge in [0.1, 0.15) is 11.6 Å². The molecule has 112 valence electrons. The van der Waals surface area contributed by atoms with Crippen molar-refractivity contribution in [1.82, 2.24) is 9.97 Å². The minimum Gasteiger partial charge on any atom is -0.331 e. The molecule has 0 radical (unpaired) electrons. The van der Waals surface area contributed by atoms with Crippen LogP contribution in [0.1, 0.15) is 22.4 Å². The molecule has 0 saturated carbocycles. The molecule has 3 N–H and O–H groups in total. The molecule has 0 saturated heterocycles. The molecule has 0 bridgehead atoms. The van der Waals surface area contributed by atoms with Gasteiger partial charge in [-0.25, -0.2) is 0 Å². The number of aromatic nitrogens is 2. The first kappa shape index (κ1) is 16.2. The van der Waals surface area contributed by atoms with Crippen molar-refractivity contribution in [2.75, 3.05) is 5.75 Å². The fourth-order valence-corrected chi connectivity index (χ4v) is 2.51. The molecule has 0 atom stereocenters. The van der Waals surface area contributed by atoms with E-state index < -0.39 is 5.56 Å². The smallest absolute Gasteiger partial charge is 0.270 e. The van der Waals surface area contributed by atoms with Crippen molar-refractivity contribution in [3.8, 4) is 6.07 Å². The fraction of sp³-hybridized carbons (Fsp3) is 0.133. The number of benzene rings is 1. The molecular formula is C15H13N3O2S2. The molecule has 0 spiro atoms. The van der Waals surface area contributed by atoms with E-state index in [0.717, 1.165) is 29.6 Å². The summed E-state index contributed by atoms with van der Waals surface area (Å²) < 4.78 is 9.04. The highest BCUT2D eigenvalue weighted by atomic mass is 32.2. The summed E-state index contributed by atoms with van der Waals surface area (Å²) in [5, 5.41) is 9.07. The summed E-state index contributed by atoms with van der Waals surface area (Å²) in [6.45, 7) is 0. The van der Waals surface area contributed by atoms with Crippen LogP contribution in [0.5, 0.6) is 0 Å². The first-order valence-corrected chi connectivity index (χ1v) is 7.80. The summed E-state index contributed by atoms with van der Waals surface area (Å²) in [5.41, 5.74) is 1.90. The number of rotatable bonds is 5. The van der Waals surface area contributed by atoms with Crippen molar-refractivity contribution >= 4 is 36.4 Å². The molecular weight excluding hydrogens is 318 g/mol. The lowest BCUT2D eigenvalue weighted by molar-refractivity contribution is 0.663. The van der Waals surface area contributed by atoms with E-state index in [4.69, 9.17) is 22.0 Å². The van der Waals surface area contributed by atoms with Gasteiger partial charge in [0.05, 0.1) is 5.69 Å². The molecule has 0 fully saturated rings. The number of hydrogen-bond acceptors (Lipinski definition) is 5. The summed E-state index contributed by atoms with van der Waals surface area (Å²) in [7, 11) is 0. The zero-order valence-electron chi connectivity index (χ0n) is 11.5. The highest BCUT2D eigenvalue weighted by molar-refractivity contribution is 7.93. The molecule has 22 heavy (non-hydrogen) atoms. The molecule has 0 aliphatic rings. The van der Waals surface area contributed by atoms with Crippen LogP contribution >= 0.6 is 24.3 Å². The number of aryl methyl sites for hydroxylation is 1. The molecule has 0 aliphatic heterocycles. The van der Waals surface area contributed by atoms with Crippen LogP contribution in [0.4, 0.5) is 0 Å². The molecule has 0 amide bonds. The van der Waals surface area contributed by atoms with Gasteiger partial charge in [0.2, 0.25) is 0 Å². The van der Waals surface area contributed by atoms with Gasteiger partial charge >= 0.3 is 0 Å². The lowest BCUT2D eigenvalue weighted by atomic mass is 10.0. The van der Waals surface area contributed by atoms with Crippen LogP contribution in [0.25, 0.3) is 12.2 Å². The minimum atomic E-state index is -0.504. The Labute approximate surface area is 136 Å². The average molecular weight is 331 g/mol. The summed E-state index contributed by atoms with van der Waals surface area (Å²) in [4.78, 5) is 16.9. The largest absolute Gasteiger partial charge is 0.331 e. The van der Waals surface area contributed by atoms with Gasteiger partial charge in [-0.2, -0.15) is 5.26 Å². The number of aromatic amines is 2. The van der Waals surface area contributed by atoms with Gasteiger partial charge in [0.25, 0.3) is 5.56 Å². The molecule has 0 unspecified atom stereocenters. The zero-order valence-corrected chi connectivity index (χ0v) is 13.1. The van der Waals surface area contributed by atoms with Crippen molar-refractivity contribution in [3.63, 3.8) is 0 Å². The first-order chi connectivity index (χ1) is 10.7. The Balaban J connectivity index is 2.40. The maximum Gasteiger partial charge on any atom is 0.270 e. The molecule has 0 aliphatic carbocycles. The van der Waals surface area contributed by atoms with Gasteiger partial charge in [-0.1, -0.05) is 30.3 Å². The van der Waals surface area contributed by atoms with E-state index >= 15 is 0 Å². The summed E-state index contributed by atoms with van der Waals surface area (Å²) in [6.07, 6.45) is 4.20. The predicted octanol–water partition coefficient (Wildman–Crippen LogP) is 3.22. The van der Waals surface area contributed by atoms with E-state index in [9.17, 15) is 4.79 Å². The zero-order chi connectivity index (χ0) is 15.9. The van der Waals surface area contributed by atoms with Gasteiger partial charge in [-0.15, -0.1) is 0 Å². The van der Waals surface area contributed by atoms with E-state index in [0.29, 0.717) is 11.4 Å². The van der Waals surface area contributed by atoms with Crippen molar-refractivity contribution in [2.24, 2.45) is 0 Å². The highest BCUT2D eigenvalue weighted by Crippen LogP contribution is 2.15. The lowest BCUT2D eigenvalue weighted by Gasteiger charge is -2.04. The third-order valence-corrected chi connectivity index (χ3v) is 3.62. The minimum absolute atomic E-state index is 0.00625. The van der Waals surface area contributed by atoms with Crippen LogP contribution in [0, 0.1) is 16.1 Å². The highest BCUT2D eigenvalue weighted by Gasteiger charge is 2.05. The standard InChI is InChI=1S/C15H13N3O2S2/c16-9-12-13(17-15(21)18-14(12)19)6-5-10-3-1-2-4-11(10)7-8-22-20/h1-6,20H,7-8H2,(H2,17,18,19,21)/b6-5+. The quantitative estimate of drug-likeness (QED) is 0.578. The molecule has 2 aromatic rings. The van der Waals surface area contributed by atoms with Crippen molar-refractivity contribution in [1.29, 1.82) is 5.26 Å².